The summed E-state index contributed by atoms with van der Waals surface area (Å²) in [5.74, 6) is -0.160. The van der Waals surface area contributed by atoms with Crippen molar-refractivity contribution in [3.63, 3.8) is 0 Å². The Labute approximate surface area is 127 Å². The Bertz CT molecular complexity index is 618. The number of carbonyl (C=O) groups is 1. The van der Waals surface area contributed by atoms with E-state index in [9.17, 15) is 4.79 Å². The molecule has 1 atom stereocenters. The number of aromatic nitrogens is 2. The van der Waals surface area contributed by atoms with Gasteiger partial charge in [0, 0.05) is 12.2 Å². The molecule has 1 N–H and O–H groups in total. The number of benzene rings is 1. The summed E-state index contributed by atoms with van der Waals surface area (Å²) in [6, 6.07) is 7.59. The Balaban J connectivity index is 1.66. The highest BCUT2D eigenvalue weighted by Gasteiger charge is 2.22. The highest BCUT2D eigenvalue weighted by atomic mass is 32.1. The molecule has 5 nitrogen and oxygen atoms in total. The predicted molar refractivity (Wildman–Crippen MR) is 81.6 cm³/mol. The number of ether oxygens (including phenoxy) is 1. The van der Waals surface area contributed by atoms with Gasteiger partial charge in [-0.3, -0.25) is 10.1 Å². The van der Waals surface area contributed by atoms with Gasteiger partial charge in [-0.05, 0) is 37.0 Å². The first-order valence-electron chi connectivity index (χ1n) is 7.11. The van der Waals surface area contributed by atoms with Crippen LogP contribution in [0.15, 0.2) is 24.3 Å². The molecule has 0 saturated carbocycles. The molecule has 0 bridgehead atoms. The van der Waals surface area contributed by atoms with E-state index in [1.807, 2.05) is 24.3 Å². The molecule has 1 aromatic carbocycles. The Kier molecular flexibility index (Phi) is 4.26. The van der Waals surface area contributed by atoms with Gasteiger partial charge in [0.15, 0.2) is 0 Å². The number of nitrogens with zero attached hydrogens (tertiary/aromatic N) is 2. The zero-order chi connectivity index (χ0) is 14.7. The number of nitrogens with one attached hydrogen (secondary N) is 1. The lowest BCUT2D eigenvalue weighted by molar-refractivity contribution is 0.102. The first kappa shape index (κ1) is 14.2. The monoisotopic (exact) mass is 303 g/mol. The molecule has 0 aliphatic carbocycles. The predicted octanol–water partition coefficient (Wildman–Crippen LogP) is 3.20. The molecule has 21 heavy (non-hydrogen) atoms. The molecule has 1 unspecified atom stereocenters. The van der Waals surface area contributed by atoms with Crippen LogP contribution in [-0.2, 0) is 11.2 Å². The van der Waals surface area contributed by atoms with Crippen molar-refractivity contribution in [2.24, 2.45) is 0 Å². The van der Waals surface area contributed by atoms with Crippen molar-refractivity contribution in [3.8, 4) is 0 Å². The van der Waals surface area contributed by atoms with Gasteiger partial charge in [-0.1, -0.05) is 30.4 Å². The van der Waals surface area contributed by atoms with E-state index < -0.39 is 0 Å². The fraction of sp³-hybridized carbons (Fsp3) is 0.400. The largest absolute Gasteiger partial charge is 0.371 e. The minimum Gasteiger partial charge on any atom is -0.371 e. The third kappa shape index (κ3) is 3.28. The number of rotatable bonds is 4. The lowest BCUT2D eigenvalue weighted by Crippen LogP contribution is -2.11. The summed E-state index contributed by atoms with van der Waals surface area (Å²) in [6.07, 6.45) is 3.02. The third-order valence-corrected chi connectivity index (χ3v) is 4.42. The van der Waals surface area contributed by atoms with Crippen LogP contribution in [0.1, 0.15) is 46.8 Å². The van der Waals surface area contributed by atoms with Gasteiger partial charge in [0.05, 0.1) is 0 Å². The second-order valence-corrected chi connectivity index (χ2v) is 5.96. The van der Waals surface area contributed by atoms with Gasteiger partial charge < -0.3 is 4.74 Å². The second-order valence-electron chi connectivity index (χ2n) is 4.95. The summed E-state index contributed by atoms with van der Waals surface area (Å²) in [5.41, 5.74) is 1.84. The van der Waals surface area contributed by atoms with E-state index in [0.717, 1.165) is 30.9 Å². The molecule has 1 aliphatic heterocycles. The minimum absolute atomic E-state index is 0.0389. The van der Waals surface area contributed by atoms with Crippen LogP contribution in [0.2, 0.25) is 0 Å². The number of amides is 1. The Morgan fingerprint density at radius 3 is 2.86 bits per heavy atom. The highest BCUT2D eigenvalue weighted by molar-refractivity contribution is 7.15. The summed E-state index contributed by atoms with van der Waals surface area (Å²) in [4.78, 5) is 12.1. The van der Waals surface area contributed by atoms with Crippen molar-refractivity contribution in [2.45, 2.75) is 32.3 Å². The maximum atomic E-state index is 12.1. The molecular weight excluding hydrogens is 286 g/mol. The van der Waals surface area contributed by atoms with Crippen LogP contribution in [0.4, 0.5) is 5.13 Å². The first-order valence-corrected chi connectivity index (χ1v) is 7.93. The van der Waals surface area contributed by atoms with Gasteiger partial charge in [-0.25, -0.2) is 0 Å². The van der Waals surface area contributed by atoms with Crippen molar-refractivity contribution in [1.29, 1.82) is 0 Å². The summed E-state index contributed by atoms with van der Waals surface area (Å²) in [6.45, 7) is 2.86. The van der Waals surface area contributed by atoms with Gasteiger partial charge in [0.2, 0.25) is 5.13 Å². The van der Waals surface area contributed by atoms with Crippen LogP contribution in [0.25, 0.3) is 0 Å². The lowest BCUT2D eigenvalue weighted by Gasteiger charge is -2.03. The Hall–Kier alpha value is -1.79. The van der Waals surface area contributed by atoms with Crippen molar-refractivity contribution in [1.82, 2.24) is 10.2 Å². The summed E-state index contributed by atoms with van der Waals surface area (Å²) >= 11 is 1.38. The van der Waals surface area contributed by atoms with E-state index in [1.165, 1.54) is 16.9 Å². The zero-order valence-electron chi connectivity index (χ0n) is 11.8. The molecule has 1 aromatic heterocycles. The van der Waals surface area contributed by atoms with Crippen molar-refractivity contribution >= 4 is 22.4 Å². The Morgan fingerprint density at radius 2 is 2.19 bits per heavy atom. The van der Waals surface area contributed by atoms with E-state index in [-0.39, 0.29) is 12.0 Å². The molecule has 3 rings (SSSR count). The number of carbonyl (C=O) groups excluding carboxylic acids is 1. The van der Waals surface area contributed by atoms with E-state index >= 15 is 0 Å². The fourth-order valence-corrected chi connectivity index (χ4v) is 3.07. The number of anilines is 1. The van der Waals surface area contributed by atoms with Gasteiger partial charge >= 0.3 is 0 Å². The van der Waals surface area contributed by atoms with Crippen molar-refractivity contribution < 1.29 is 9.53 Å². The third-order valence-electron chi connectivity index (χ3n) is 3.49. The van der Waals surface area contributed by atoms with E-state index in [4.69, 9.17) is 4.74 Å². The number of hydrogen-bond acceptors (Lipinski definition) is 5. The lowest BCUT2D eigenvalue weighted by atomic mass is 10.1. The van der Waals surface area contributed by atoms with E-state index in [0.29, 0.717) is 10.7 Å². The molecule has 2 aromatic rings. The second kappa shape index (κ2) is 6.32. The number of hydrogen-bond donors (Lipinski definition) is 1. The zero-order valence-corrected chi connectivity index (χ0v) is 12.7. The summed E-state index contributed by atoms with van der Waals surface area (Å²) < 4.78 is 5.56. The Morgan fingerprint density at radius 1 is 1.38 bits per heavy atom. The van der Waals surface area contributed by atoms with Crippen LogP contribution < -0.4 is 5.32 Å². The molecule has 2 heterocycles. The van der Waals surface area contributed by atoms with Crippen LogP contribution in [0.3, 0.4) is 0 Å². The topological polar surface area (TPSA) is 64.1 Å². The minimum atomic E-state index is -0.160. The maximum absolute atomic E-state index is 12.1. The molecular formula is C15H17N3O2S. The van der Waals surface area contributed by atoms with Gasteiger partial charge in [0.1, 0.15) is 11.1 Å². The molecule has 1 saturated heterocycles. The average molecular weight is 303 g/mol. The highest BCUT2D eigenvalue weighted by Crippen LogP contribution is 2.31. The fourth-order valence-electron chi connectivity index (χ4n) is 2.25. The molecule has 1 fully saturated rings. The molecule has 110 valence electrons. The van der Waals surface area contributed by atoms with E-state index in [2.05, 4.69) is 22.4 Å². The van der Waals surface area contributed by atoms with Gasteiger partial charge in [0.25, 0.3) is 5.91 Å². The SMILES string of the molecule is CCc1ccc(C(=O)Nc2nnc(C3CCCO3)s2)cc1. The summed E-state index contributed by atoms with van der Waals surface area (Å²) in [5, 5.41) is 12.3. The van der Waals surface area contributed by atoms with Crippen LogP contribution >= 0.6 is 11.3 Å². The molecule has 0 spiro atoms. The standard InChI is InChI=1S/C15H17N3O2S/c1-2-10-5-7-11(8-6-10)13(19)16-15-18-17-14(21-15)12-4-3-9-20-12/h5-8,12H,2-4,9H2,1H3,(H,16,18,19). The first-order chi connectivity index (χ1) is 10.3. The van der Waals surface area contributed by atoms with E-state index in [1.54, 1.807) is 0 Å². The summed E-state index contributed by atoms with van der Waals surface area (Å²) in [7, 11) is 0. The van der Waals surface area contributed by atoms with Gasteiger partial charge in [-0.2, -0.15) is 0 Å². The van der Waals surface area contributed by atoms with Crippen molar-refractivity contribution in [3.05, 3.63) is 40.4 Å². The van der Waals surface area contributed by atoms with Crippen LogP contribution in [0, 0.1) is 0 Å². The molecule has 1 amide bonds. The van der Waals surface area contributed by atoms with Crippen LogP contribution in [0.5, 0.6) is 0 Å². The van der Waals surface area contributed by atoms with Crippen LogP contribution in [-0.4, -0.2) is 22.7 Å². The smallest absolute Gasteiger partial charge is 0.257 e. The van der Waals surface area contributed by atoms with Gasteiger partial charge in [-0.15, -0.1) is 10.2 Å². The normalized spacial score (nSPS) is 17.9. The quantitative estimate of drug-likeness (QED) is 0.942. The average Bonchev–Trinajstić information content (AvgIpc) is 3.18. The molecule has 6 heteroatoms. The maximum Gasteiger partial charge on any atom is 0.257 e. The molecule has 1 aliphatic rings. The van der Waals surface area contributed by atoms with Crippen molar-refractivity contribution in [2.75, 3.05) is 11.9 Å². The molecule has 0 radical (unpaired) electrons. The number of aryl methyl sites for hydroxylation is 1.